The summed E-state index contributed by atoms with van der Waals surface area (Å²) in [4.78, 5) is 28.3. The van der Waals surface area contributed by atoms with Gasteiger partial charge in [0.1, 0.15) is 23.9 Å². The van der Waals surface area contributed by atoms with E-state index in [1.807, 2.05) is 31.2 Å². The summed E-state index contributed by atoms with van der Waals surface area (Å²) in [6.07, 6.45) is 0. The second-order valence-corrected chi connectivity index (χ2v) is 12.8. The number of ketones is 1. The molecular weight excluding hydrogens is 633 g/mol. The number of rotatable bonds is 9. The Bertz CT molecular complexity index is 1910. The van der Waals surface area contributed by atoms with Crippen LogP contribution in [0.5, 0.6) is 5.75 Å². The molecule has 0 spiro atoms. The van der Waals surface area contributed by atoms with Gasteiger partial charge < -0.3 is 9.84 Å². The zero-order valence-corrected chi connectivity index (χ0v) is 26.2. The lowest BCUT2D eigenvalue weighted by Crippen LogP contribution is -2.29. The lowest BCUT2D eigenvalue weighted by atomic mass is 9.95. The molecule has 0 radical (unpaired) electrons. The third-order valence-corrected chi connectivity index (χ3v) is 9.68. The van der Waals surface area contributed by atoms with Crippen LogP contribution in [0.1, 0.15) is 33.9 Å². The molecular formula is C34H25ClFN3O4S2. The summed E-state index contributed by atoms with van der Waals surface area (Å²) in [6, 6.07) is 26.7. The summed E-state index contributed by atoms with van der Waals surface area (Å²) in [6.45, 7) is 2.39. The lowest BCUT2D eigenvalue weighted by Gasteiger charge is -2.22. The molecule has 45 heavy (non-hydrogen) atoms. The van der Waals surface area contributed by atoms with Crippen LogP contribution in [0.15, 0.2) is 107 Å². The number of aliphatic hydroxyl groups excluding tert-OH is 1. The normalized spacial score (nSPS) is 15.9. The van der Waals surface area contributed by atoms with Crippen LogP contribution in [0.4, 0.5) is 9.52 Å². The van der Waals surface area contributed by atoms with Crippen LogP contribution in [-0.4, -0.2) is 27.0 Å². The fraction of sp³-hybridized carbons (Fsp3) is 0.118. The van der Waals surface area contributed by atoms with E-state index in [2.05, 4.69) is 10.2 Å². The number of anilines is 1. The van der Waals surface area contributed by atoms with E-state index < -0.39 is 17.7 Å². The van der Waals surface area contributed by atoms with E-state index in [4.69, 9.17) is 16.3 Å². The number of benzene rings is 4. The Kier molecular flexibility index (Phi) is 8.97. The topological polar surface area (TPSA) is 92.6 Å². The van der Waals surface area contributed by atoms with Gasteiger partial charge in [0.25, 0.3) is 5.78 Å². The standard InChI is InChI=1S/C34H25ClFN3O4S2/c1-20-6-2-3-7-23(20)18-43-26-16-12-22(13-17-26)30(40)28-29(21-10-14-25(35)15-11-21)39(32(42)31(28)41)33-37-38-34(45-33)44-19-24-8-4-5-9-27(24)36/h2-17,29,40H,18-19H2,1H3/b30-28+. The number of carbonyl (C=O) groups excluding carboxylic acids is 2. The molecule has 1 saturated heterocycles. The van der Waals surface area contributed by atoms with Crippen LogP contribution in [0.25, 0.3) is 5.76 Å². The highest BCUT2D eigenvalue weighted by molar-refractivity contribution is 8.00. The van der Waals surface area contributed by atoms with E-state index in [9.17, 15) is 19.1 Å². The fourth-order valence-electron chi connectivity index (χ4n) is 4.90. The molecule has 11 heteroatoms. The minimum atomic E-state index is -0.989. The van der Waals surface area contributed by atoms with E-state index in [-0.39, 0.29) is 22.3 Å². The largest absolute Gasteiger partial charge is 0.507 e. The number of ether oxygens (including phenoxy) is 1. The third kappa shape index (κ3) is 6.49. The summed E-state index contributed by atoms with van der Waals surface area (Å²) >= 11 is 8.51. The molecule has 0 saturated carbocycles. The molecule has 0 aliphatic carbocycles. The Morgan fingerprint density at radius 3 is 2.36 bits per heavy atom. The minimum Gasteiger partial charge on any atom is -0.507 e. The smallest absolute Gasteiger partial charge is 0.301 e. The summed E-state index contributed by atoms with van der Waals surface area (Å²) < 4.78 is 20.5. The van der Waals surface area contributed by atoms with E-state index in [1.54, 1.807) is 66.7 Å². The average molecular weight is 658 g/mol. The van der Waals surface area contributed by atoms with Crippen molar-refractivity contribution < 1.29 is 23.8 Å². The Morgan fingerprint density at radius 1 is 0.956 bits per heavy atom. The van der Waals surface area contributed by atoms with Gasteiger partial charge in [0.05, 0.1) is 11.6 Å². The number of carbonyl (C=O) groups is 2. The van der Waals surface area contributed by atoms with Gasteiger partial charge in [0, 0.05) is 16.3 Å². The summed E-state index contributed by atoms with van der Waals surface area (Å²) in [5.74, 6) is -1.47. The highest BCUT2D eigenvalue weighted by atomic mass is 35.5. The molecule has 226 valence electrons. The molecule has 6 rings (SSSR count). The number of amides is 1. The molecule has 1 aromatic heterocycles. The Balaban J connectivity index is 1.30. The fourth-order valence-corrected chi connectivity index (χ4v) is 6.88. The van der Waals surface area contributed by atoms with Crippen LogP contribution < -0.4 is 9.64 Å². The van der Waals surface area contributed by atoms with E-state index in [0.717, 1.165) is 22.5 Å². The van der Waals surface area contributed by atoms with Crippen molar-refractivity contribution in [1.29, 1.82) is 0 Å². The number of hydrogen-bond donors (Lipinski definition) is 1. The number of hydrogen-bond acceptors (Lipinski definition) is 8. The van der Waals surface area contributed by atoms with Gasteiger partial charge in [-0.25, -0.2) is 4.39 Å². The van der Waals surface area contributed by atoms with Crippen LogP contribution >= 0.6 is 34.7 Å². The minimum absolute atomic E-state index is 0.0911. The predicted octanol–water partition coefficient (Wildman–Crippen LogP) is 8.14. The van der Waals surface area contributed by atoms with Crippen molar-refractivity contribution in [2.75, 3.05) is 4.90 Å². The first-order valence-corrected chi connectivity index (χ1v) is 16.0. The van der Waals surface area contributed by atoms with Gasteiger partial charge in [0.15, 0.2) is 4.34 Å². The number of Topliss-reactive ketones (excluding diaryl/α,β-unsaturated/α-hetero) is 1. The first-order chi connectivity index (χ1) is 21.8. The molecule has 2 heterocycles. The van der Waals surface area contributed by atoms with Gasteiger partial charge in [-0.3, -0.25) is 14.5 Å². The quantitative estimate of drug-likeness (QED) is 0.0562. The maximum absolute atomic E-state index is 14.1. The van der Waals surface area contributed by atoms with Crippen molar-refractivity contribution in [3.8, 4) is 5.75 Å². The molecule has 4 aromatic carbocycles. The van der Waals surface area contributed by atoms with Gasteiger partial charge in [-0.15, -0.1) is 10.2 Å². The second-order valence-electron chi connectivity index (χ2n) is 10.2. The molecule has 1 aliphatic rings. The predicted molar refractivity (Wildman–Crippen MR) is 174 cm³/mol. The van der Waals surface area contributed by atoms with Crippen molar-refractivity contribution in [2.24, 2.45) is 0 Å². The van der Waals surface area contributed by atoms with Crippen molar-refractivity contribution >= 4 is 57.3 Å². The number of halogens is 2. The van der Waals surface area contributed by atoms with Crippen molar-refractivity contribution in [3.63, 3.8) is 0 Å². The molecule has 1 unspecified atom stereocenters. The Hall–Kier alpha value is -4.51. The molecule has 1 fully saturated rings. The zero-order chi connectivity index (χ0) is 31.5. The Labute approximate surface area is 272 Å². The third-order valence-electron chi connectivity index (χ3n) is 7.32. The molecule has 1 atom stereocenters. The summed E-state index contributed by atoms with van der Waals surface area (Å²) in [5, 5.41) is 20.5. The van der Waals surface area contributed by atoms with Crippen molar-refractivity contribution in [3.05, 3.63) is 141 Å². The maximum atomic E-state index is 14.1. The van der Waals surface area contributed by atoms with Gasteiger partial charge in [0.2, 0.25) is 5.13 Å². The first-order valence-electron chi connectivity index (χ1n) is 13.8. The summed E-state index contributed by atoms with van der Waals surface area (Å²) in [5.41, 5.74) is 3.48. The van der Waals surface area contributed by atoms with Crippen molar-refractivity contribution in [1.82, 2.24) is 10.2 Å². The lowest BCUT2D eigenvalue weighted by molar-refractivity contribution is -0.132. The van der Waals surface area contributed by atoms with E-state index in [0.29, 0.717) is 44.2 Å². The average Bonchev–Trinajstić information content (AvgIpc) is 3.62. The van der Waals surface area contributed by atoms with Crippen molar-refractivity contribution in [2.45, 2.75) is 29.7 Å². The number of aromatic nitrogens is 2. The van der Waals surface area contributed by atoms with Gasteiger partial charge in [-0.2, -0.15) is 0 Å². The number of aliphatic hydroxyl groups is 1. The highest BCUT2D eigenvalue weighted by Crippen LogP contribution is 2.44. The first kappa shape index (κ1) is 30.5. The van der Waals surface area contributed by atoms with Crippen LogP contribution in [0.3, 0.4) is 0 Å². The molecule has 1 amide bonds. The molecule has 5 aromatic rings. The van der Waals surface area contributed by atoms with Gasteiger partial charge in [-0.05, 0) is 71.6 Å². The van der Waals surface area contributed by atoms with E-state index >= 15 is 0 Å². The van der Waals surface area contributed by atoms with Gasteiger partial charge in [-0.1, -0.05) is 89.3 Å². The molecule has 7 nitrogen and oxygen atoms in total. The number of aryl methyl sites for hydroxylation is 1. The maximum Gasteiger partial charge on any atom is 0.301 e. The van der Waals surface area contributed by atoms with Crippen LogP contribution in [-0.2, 0) is 21.9 Å². The Morgan fingerprint density at radius 2 is 1.64 bits per heavy atom. The van der Waals surface area contributed by atoms with E-state index in [1.165, 1.54) is 22.7 Å². The molecule has 1 N–H and O–H groups in total. The van der Waals surface area contributed by atoms with Crippen LogP contribution in [0.2, 0.25) is 5.02 Å². The second kappa shape index (κ2) is 13.2. The highest BCUT2D eigenvalue weighted by Gasteiger charge is 2.48. The SMILES string of the molecule is Cc1ccccc1COc1ccc(/C(O)=C2\C(=O)C(=O)N(c3nnc(SCc4ccccc4F)s3)C2c2ccc(Cl)cc2)cc1. The number of thioether (sulfide) groups is 1. The number of nitrogens with zero attached hydrogens (tertiary/aromatic N) is 3. The monoisotopic (exact) mass is 657 g/mol. The summed E-state index contributed by atoms with van der Waals surface area (Å²) in [7, 11) is 0. The molecule has 1 aliphatic heterocycles. The van der Waals surface area contributed by atoms with Gasteiger partial charge >= 0.3 is 5.91 Å². The zero-order valence-electron chi connectivity index (χ0n) is 23.8. The molecule has 0 bridgehead atoms. The van der Waals surface area contributed by atoms with Crippen LogP contribution in [0, 0.1) is 12.7 Å².